The van der Waals surface area contributed by atoms with Crippen LogP contribution in [0.5, 0.6) is 11.5 Å². The first-order valence-electron chi connectivity index (χ1n) is 7.99. The quantitative estimate of drug-likeness (QED) is 0.751. The third kappa shape index (κ3) is 3.26. The van der Waals surface area contributed by atoms with Crippen molar-refractivity contribution in [2.45, 2.75) is 13.8 Å². The van der Waals surface area contributed by atoms with Crippen molar-refractivity contribution in [2.24, 2.45) is 0 Å². The van der Waals surface area contributed by atoms with Gasteiger partial charge in [-0.2, -0.15) is 0 Å². The number of ether oxygens (including phenoxy) is 2. The molecule has 0 saturated carbocycles. The maximum atomic E-state index is 11.8. The largest absolute Gasteiger partial charge is 0.496 e. The van der Waals surface area contributed by atoms with Gasteiger partial charge in [-0.25, -0.2) is 9.78 Å². The summed E-state index contributed by atoms with van der Waals surface area (Å²) in [5.41, 5.74) is 3.16. The Morgan fingerprint density at radius 3 is 2.64 bits per heavy atom. The molecule has 0 radical (unpaired) electrons. The summed E-state index contributed by atoms with van der Waals surface area (Å²) in [7, 11) is 1.59. The topological polar surface area (TPSA) is 68.7 Å². The molecule has 5 heteroatoms. The zero-order chi connectivity index (χ0) is 18.0. The van der Waals surface area contributed by atoms with Crippen LogP contribution in [0, 0.1) is 6.92 Å². The molecule has 128 valence electrons. The lowest BCUT2D eigenvalue weighted by molar-refractivity contribution is 0.0699. The molecule has 1 aromatic heterocycles. The van der Waals surface area contributed by atoms with Gasteiger partial charge in [-0.3, -0.25) is 0 Å². The molecule has 0 unspecified atom stereocenters. The van der Waals surface area contributed by atoms with E-state index >= 15 is 0 Å². The number of hydrogen-bond donors (Lipinski definition) is 1. The Bertz CT molecular complexity index is 950. The van der Waals surface area contributed by atoms with Crippen molar-refractivity contribution in [2.75, 3.05) is 13.7 Å². The minimum absolute atomic E-state index is 0.185. The molecule has 0 bridgehead atoms. The van der Waals surface area contributed by atoms with Gasteiger partial charge in [0.1, 0.15) is 11.5 Å². The molecule has 0 aliphatic carbocycles. The number of aromatic nitrogens is 1. The highest BCUT2D eigenvalue weighted by molar-refractivity contribution is 6.04. The fourth-order valence-corrected chi connectivity index (χ4v) is 2.80. The summed E-state index contributed by atoms with van der Waals surface area (Å²) in [5, 5.41) is 10.2. The van der Waals surface area contributed by atoms with Crippen LogP contribution >= 0.6 is 0 Å². The van der Waals surface area contributed by atoms with Crippen molar-refractivity contribution in [3.05, 3.63) is 53.6 Å². The highest BCUT2D eigenvalue weighted by Gasteiger charge is 2.16. The number of aryl methyl sites for hydroxylation is 1. The second-order valence-corrected chi connectivity index (χ2v) is 5.68. The van der Waals surface area contributed by atoms with E-state index in [2.05, 4.69) is 4.98 Å². The fourth-order valence-electron chi connectivity index (χ4n) is 2.80. The smallest absolute Gasteiger partial charge is 0.336 e. The number of pyridine rings is 1. The first kappa shape index (κ1) is 16.8. The molecule has 25 heavy (non-hydrogen) atoms. The van der Waals surface area contributed by atoms with Crippen molar-refractivity contribution in [3.63, 3.8) is 0 Å². The van der Waals surface area contributed by atoms with Crippen LogP contribution in [0.3, 0.4) is 0 Å². The van der Waals surface area contributed by atoms with Crippen LogP contribution in [0.25, 0.3) is 22.2 Å². The number of nitrogens with zero attached hydrogens (tertiary/aromatic N) is 1. The maximum Gasteiger partial charge on any atom is 0.336 e. The van der Waals surface area contributed by atoms with Gasteiger partial charge in [0, 0.05) is 10.9 Å². The van der Waals surface area contributed by atoms with Gasteiger partial charge in [0.05, 0.1) is 30.5 Å². The Hall–Kier alpha value is -3.08. The zero-order valence-corrected chi connectivity index (χ0v) is 14.4. The third-order valence-electron chi connectivity index (χ3n) is 3.95. The lowest BCUT2D eigenvalue weighted by atomic mass is 10.0. The van der Waals surface area contributed by atoms with E-state index in [1.54, 1.807) is 31.4 Å². The number of aromatic carboxylic acids is 1. The van der Waals surface area contributed by atoms with Gasteiger partial charge in [0.2, 0.25) is 0 Å². The summed E-state index contributed by atoms with van der Waals surface area (Å²) in [6, 6.07) is 12.6. The lowest BCUT2D eigenvalue weighted by Crippen LogP contribution is -2.02. The number of carboxylic acids is 1. The first-order valence-corrected chi connectivity index (χ1v) is 7.99. The van der Waals surface area contributed by atoms with E-state index < -0.39 is 5.97 Å². The number of carbonyl (C=O) groups is 1. The number of methoxy groups -OCH3 is 1. The van der Waals surface area contributed by atoms with Gasteiger partial charge in [-0.05, 0) is 50.2 Å². The van der Waals surface area contributed by atoms with Gasteiger partial charge in [0.15, 0.2) is 0 Å². The van der Waals surface area contributed by atoms with E-state index in [0.717, 1.165) is 11.1 Å². The summed E-state index contributed by atoms with van der Waals surface area (Å²) in [4.78, 5) is 16.4. The van der Waals surface area contributed by atoms with Crippen molar-refractivity contribution < 1.29 is 19.4 Å². The maximum absolute atomic E-state index is 11.8. The lowest BCUT2D eigenvalue weighted by Gasteiger charge is -2.12. The molecule has 0 saturated heterocycles. The highest BCUT2D eigenvalue weighted by atomic mass is 16.5. The molecule has 0 fully saturated rings. The first-order chi connectivity index (χ1) is 12.0. The number of fused-ring (bicyclic) bond motifs is 1. The summed E-state index contributed by atoms with van der Waals surface area (Å²) >= 11 is 0. The van der Waals surface area contributed by atoms with E-state index in [4.69, 9.17) is 9.47 Å². The van der Waals surface area contributed by atoms with Gasteiger partial charge in [-0.15, -0.1) is 0 Å². The molecule has 5 nitrogen and oxygen atoms in total. The predicted molar refractivity (Wildman–Crippen MR) is 96.6 cm³/mol. The molecule has 0 atom stereocenters. The van der Waals surface area contributed by atoms with Crippen LogP contribution in [0.15, 0.2) is 42.5 Å². The van der Waals surface area contributed by atoms with E-state index in [0.29, 0.717) is 34.7 Å². The average Bonchev–Trinajstić information content (AvgIpc) is 2.61. The SMILES string of the molecule is CCOc1ccc2nc(-c3cc(C)ccc3OC)cc(C(=O)O)c2c1. The van der Waals surface area contributed by atoms with Crippen LogP contribution in [-0.4, -0.2) is 29.8 Å². The highest BCUT2D eigenvalue weighted by Crippen LogP contribution is 2.33. The predicted octanol–water partition coefficient (Wildman–Crippen LogP) is 4.32. The normalized spacial score (nSPS) is 10.7. The van der Waals surface area contributed by atoms with Crippen LogP contribution in [0.4, 0.5) is 0 Å². The van der Waals surface area contributed by atoms with Crippen LogP contribution in [0.2, 0.25) is 0 Å². The Kier molecular flexibility index (Phi) is 4.57. The summed E-state index contributed by atoms with van der Waals surface area (Å²) in [5.74, 6) is 0.272. The zero-order valence-electron chi connectivity index (χ0n) is 14.4. The second-order valence-electron chi connectivity index (χ2n) is 5.68. The molecule has 1 N–H and O–H groups in total. The molecule has 3 rings (SSSR count). The second kappa shape index (κ2) is 6.81. The number of carboxylic acid groups (broad SMARTS) is 1. The van der Waals surface area contributed by atoms with E-state index in [-0.39, 0.29) is 5.56 Å². The van der Waals surface area contributed by atoms with Crippen molar-refractivity contribution >= 4 is 16.9 Å². The monoisotopic (exact) mass is 337 g/mol. The molecule has 3 aromatic rings. The van der Waals surface area contributed by atoms with E-state index in [1.165, 1.54) is 0 Å². The van der Waals surface area contributed by atoms with E-state index in [1.807, 2.05) is 32.0 Å². The molecule has 0 aliphatic heterocycles. The molecular weight excluding hydrogens is 318 g/mol. The summed E-state index contributed by atoms with van der Waals surface area (Å²) < 4.78 is 10.9. The van der Waals surface area contributed by atoms with Crippen LogP contribution < -0.4 is 9.47 Å². The third-order valence-corrected chi connectivity index (χ3v) is 3.95. The van der Waals surface area contributed by atoms with Crippen molar-refractivity contribution in [1.29, 1.82) is 0 Å². The molecule has 1 heterocycles. The Balaban J connectivity index is 2.26. The Morgan fingerprint density at radius 1 is 1.16 bits per heavy atom. The van der Waals surface area contributed by atoms with Gasteiger partial charge >= 0.3 is 5.97 Å². The fraction of sp³-hybridized carbons (Fsp3) is 0.200. The Morgan fingerprint density at radius 2 is 1.96 bits per heavy atom. The number of hydrogen-bond acceptors (Lipinski definition) is 4. The van der Waals surface area contributed by atoms with Gasteiger partial charge in [0.25, 0.3) is 0 Å². The Labute approximate surface area is 145 Å². The molecular formula is C20H19NO4. The standard InChI is InChI=1S/C20H19NO4/c1-4-25-13-6-7-17-14(10-13)15(20(22)23)11-18(21-17)16-9-12(2)5-8-19(16)24-3/h5-11H,4H2,1-3H3,(H,22,23). The minimum Gasteiger partial charge on any atom is -0.496 e. The van der Waals surface area contributed by atoms with Crippen molar-refractivity contribution in [1.82, 2.24) is 4.98 Å². The summed E-state index contributed by atoms with van der Waals surface area (Å²) in [6.45, 7) is 4.37. The number of benzene rings is 2. The molecule has 0 spiro atoms. The van der Waals surface area contributed by atoms with Gasteiger partial charge < -0.3 is 14.6 Å². The molecule has 2 aromatic carbocycles. The summed E-state index contributed by atoms with van der Waals surface area (Å²) in [6.07, 6.45) is 0. The number of rotatable bonds is 5. The minimum atomic E-state index is -1.01. The van der Waals surface area contributed by atoms with Crippen LogP contribution in [-0.2, 0) is 0 Å². The molecule has 0 amide bonds. The van der Waals surface area contributed by atoms with Crippen LogP contribution in [0.1, 0.15) is 22.8 Å². The van der Waals surface area contributed by atoms with Gasteiger partial charge in [-0.1, -0.05) is 11.6 Å². The van der Waals surface area contributed by atoms with E-state index in [9.17, 15) is 9.90 Å². The average molecular weight is 337 g/mol. The molecule has 0 aliphatic rings. The van der Waals surface area contributed by atoms with Crippen molar-refractivity contribution in [3.8, 4) is 22.8 Å².